The molecule has 0 spiro atoms. The Labute approximate surface area is 170 Å². The second kappa shape index (κ2) is 8.94. The number of aromatic nitrogens is 3. The molecule has 0 fully saturated rings. The molecule has 0 saturated heterocycles. The standard InChI is InChI=1S/C19H20BrFN6O/c1-27(10-12-9-13(20)3-8-16(12)28-2)11-17-24-18(22)26-19(25-17)23-15-6-4-14(21)5-7-15/h3-9H,10-11H2,1-2H3,(H3,22,23,24,25,26). The number of hydrogen-bond acceptors (Lipinski definition) is 7. The van der Waals surface area contributed by atoms with Gasteiger partial charge >= 0.3 is 0 Å². The van der Waals surface area contributed by atoms with Crippen LogP contribution in [0.15, 0.2) is 46.9 Å². The molecule has 146 valence electrons. The van der Waals surface area contributed by atoms with Crippen LogP contribution in [0.25, 0.3) is 0 Å². The van der Waals surface area contributed by atoms with E-state index in [-0.39, 0.29) is 11.8 Å². The molecule has 3 N–H and O–H groups in total. The van der Waals surface area contributed by atoms with E-state index in [0.29, 0.717) is 30.5 Å². The number of ether oxygens (including phenoxy) is 1. The highest BCUT2D eigenvalue weighted by Crippen LogP contribution is 2.24. The molecule has 0 amide bonds. The van der Waals surface area contributed by atoms with Gasteiger partial charge in [0.25, 0.3) is 0 Å². The van der Waals surface area contributed by atoms with Gasteiger partial charge in [-0.2, -0.15) is 15.0 Å². The fourth-order valence-electron chi connectivity index (χ4n) is 2.69. The van der Waals surface area contributed by atoms with Gasteiger partial charge in [-0.05, 0) is 49.5 Å². The number of nitrogen functional groups attached to an aromatic ring is 1. The van der Waals surface area contributed by atoms with Crippen molar-refractivity contribution in [2.24, 2.45) is 0 Å². The predicted molar refractivity (Wildman–Crippen MR) is 110 cm³/mol. The molecule has 0 aliphatic carbocycles. The molecule has 0 radical (unpaired) electrons. The molecule has 0 saturated carbocycles. The zero-order valence-electron chi connectivity index (χ0n) is 15.5. The maximum absolute atomic E-state index is 13.0. The molecule has 0 unspecified atom stereocenters. The summed E-state index contributed by atoms with van der Waals surface area (Å²) < 4.78 is 19.4. The highest BCUT2D eigenvalue weighted by atomic mass is 79.9. The number of nitrogens with zero attached hydrogens (tertiary/aromatic N) is 4. The van der Waals surface area contributed by atoms with Crippen LogP contribution < -0.4 is 15.8 Å². The highest BCUT2D eigenvalue weighted by molar-refractivity contribution is 9.10. The monoisotopic (exact) mass is 446 g/mol. The first-order valence-electron chi connectivity index (χ1n) is 8.47. The molecule has 0 aliphatic rings. The summed E-state index contributed by atoms with van der Waals surface area (Å²) in [5.74, 6) is 1.44. The molecule has 0 atom stereocenters. The number of nitrogens with one attached hydrogen (secondary N) is 1. The van der Waals surface area contributed by atoms with E-state index >= 15 is 0 Å². The average Bonchev–Trinajstić information content (AvgIpc) is 2.63. The first-order valence-corrected chi connectivity index (χ1v) is 9.26. The number of rotatable bonds is 7. The van der Waals surface area contributed by atoms with Crippen molar-refractivity contribution in [2.45, 2.75) is 13.1 Å². The third-order valence-corrected chi connectivity index (χ3v) is 4.39. The van der Waals surface area contributed by atoms with E-state index in [2.05, 4.69) is 36.2 Å². The van der Waals surface area contributed by atoms with Crippen molar-refractivity contribution < 1.29 is 9.13 Å². The Balaban J connectivity index is 1.72. The molecule has 1 heterocycles. The smallest absolute Gasteiger partial charge is 0.232 e. The van der Waals surface area contributed by atoms with E-state index in [4.69, 9.17) is 10.5 Å². The fraction of sp³-hybridized carbons (Fsp3) is 0.211. The molecular formula is C19H20BrFN6O. The summed E-state index contributed by atoms with van der Waals surface area (Å²) >= 11 is 3.48. The van der Waals surface area contributed by atoms with Crippen molar-refractivity contribution in [3.63, 3.8) is 0 Å². The van der Waals surface area contributed by atoms with E-state index in [1.807, 2.05) is 30.1 Å². The van der Waals surface area contributed by atoms with Crippen molar-refractivity contribution >= 4 is 33.5 Å². The minimum atomic E-state index is -0.314. The lowest BCUT2D eigenvalue weighted by molar-refractivity contribution is 0.302. The topological polar surface area (TPSA) is 89.2 Å². The first-order chi connectivity index (χ1) is 13.4. The molecule has 1 aromatic heterocycles. The predicted octanol–water partition coefficient (Wildman–Crippen LogP) is 3.74. The maximum Gasteiger partial charge on any atom is 0.232 e. The third-order valence-electron chi connectivity index (χ3n) is 3.89. The number of anilines is 3. The number of benzene rings is 2. The summed E-state index contributed by atoms with van der Waals surface area (Å²) in [5, 5.41) is 3.01. The lowest BCUT2D eigenvalue weighted by Gasteiger charge is -2.18. The van der Waals surface area contributed by atoms with Crippen LogP contribution in [0.2, 0.25) is 0 Å². The Morgan fingerprint density at radius 3 is 2.57 bits per heavy atom. The minimum Gasteiger partial charge on any atom is -0.496 e. The van der Waals surface area contributed by atoms with Gasteiger partial charge in [-0.3, -0.25) is 4.90 Å². The van der Waals surface area contributed by atoms with Gasteiger partial charge in [-0.15, -0.1) is 0 Å². The van der Waals surface area contributed by atoms with Crippen molar-refractivity contribution in [1.29, 1.82) is 0 Å². The first kappa shape index (κ1) is 20.0. The van der Waals surface area contributed by atoms with E-state index in [9.17, 15) is 4.39 Å². The van der Waals surface area contributed by atoms with E-state index in [1.54, 1.807) is 19.2 Å². The molecule has 9 heteroatoms. The van der Waals surface area contributed by atoms with Crippen LogP contribution >= 0.6 is 15.9 Å². The van der Waals surface area contributed by atoms with Crippen LogP contribution in [-0.2, 0) is 13.1 Å². The minimum absolute atomic E-state index is 0.114. The average molecular weight is 447 g/mol. The van der Waals surface area contributed by atoms with Crippen molar-refractivity contribution in [3.8, 4) is 5.75 Å². The van der Waals surface area contributed by atoms with Crippen LogP contribution in [-0.4, -0.2) is 34.0 Å². The molecular weight excluding hydrogens is 427 g/mol. The van der Waals surface area contributed by atoms with Gasteiger partial charge in [0.2, 0.25) is 11.9 Å². The summed E-state index contributed by atoms with van der Waals surface area (Å²) in [7, 11) is 3.60. The van der Waals surface area contributed by atoms with Crippen LogP contribution in [0.1, 0.15) is 11.4 Å². The lowest BCUT2D eigenvalue weighted by atomic mass is 10.2. The molecule has 3 rings (SSSR count). The van der Waals surface area contributed by atoms with E-state index < -0.39 is 0 Å². The third kappa shape index (κ3) is 5.37. The van der Waals surface area contributed by atoms with Crippen LogP contribution in [0, 0.1) is 5.82 Å². The Kier molecular flexibility index (Phi) is 6.37. The molecule has 7 nitrogen and oxygen atoms in total. The zero-order valence-corrected chi connectivity index (χ0v) is 17.1. The van der Waals surface area contributed by atoms with Gasteiger partial charge in [-0.1, -0.05) is 15.9 Å². The Hall–Kier alpha value is -2.78. The van der Waals surface area contributed by atoms with Gasteiger partial charge < -0.3 is 15.8 Å². The Morgan fingerprint density at radius 2 is 1.86 bits per heavy atom. The van der Waals surface area contributed by atoms with Crippen molar-refractivity contribution in [1.82, 2.24) is 19.9 Å². The van der Waals surface area contributed by atoms with Gasteiger partial charge in [0, 0.05) is 22.3 Å². The molecule has 2 aromatic carbocycles. The largest absolute Gasteiger partial charge is 0.496 e. The summed E-state index contributed by atoms with van der Waals surface area (Å²) in [4.78, 5) is 14.7. The fourth-order valence-corrected chi connectivity index (χ4v) is 3.09. The second-order valence-electron chi connectivity index (χ2n) is 6.19. The van der Waals surface area contributed by atoms with Crippen LogP contribution in [0.5, 0.6) is 5.75 Å². The summed E-state index contributed by atoms with van der Waals surface area (Å²) in [6.45, 7) is 1.09. The van der Waals surface area contributed by atoms with Crippen LogP contribution in [0.3, 0.4) is 0 Å². The van der Waals surface area contributed by atoms with Crippen molar-refractivity contribution in [3.05, 3.63) is 64.1 Å². The Bertz CT molecular complexity index is 954. The maximum atomic E-state index is 13.0. The SMILES string of the molecule is COc1ccc(Br)cc1CN(C)Cc1nc(N)nc(Nc2ccc(F)cc2)n1. The lowest BCUT2D eigenvalue weighted by Crippen LogP contribution is -2.20. The summed E-state index contributed by atoms with van der Waals surface area (Å²) in [6, 6.07) is 11.8. The highest BCUT2D eigenvalue weighted by Gasteiger charge is 2.11. The van der Waals surface area contributed by atoms with Crippen molar-refractivity contribution in [2.75, 3.05) is 25.2 Å². The quantitative estimate of drug-likeness (QED) is 0.571. The number of nitrogens with two attached hydrogens (primary N) is 1. The molecule has 3 aromatic rings. The zero-order chi connectivity index (χ0) is 20.1. The van der Waals surface area contributed by atoms with Crippen LogP contribution in [0.4, 0.5) is 22.0 Å². The molecule has 28 heavy (non-hydrogen) atoms. The number of methoxy groups -OCH3 is 1. The second-order valence-corrected chi connectivity index (χ2v) is 7.11. The molecule has 0 aliphatic heterocycles. The normalized spacial score (nSPS) is 10.9. The summed E-state index contributed by atoms with van der Waals surface area (Å²) in [5.41, 5.74) is 7.52. The van der Waals surface area contributed by atoms with Gasteiger partial charge in [0.05, 0.1) is 13.7 Å². The Morgan fingerprint density at radius 1 is 1.11 bits per heavy atom. The summed E-state index contributed by atoms with van der Waals surface area (Å²) in [6.07, 6.45) is 0. The molecule has 0 bridgehead atoms. The number of halogens is 2. The number of hydrogen-bond donors (Lipinski definition) is 2. The van der Waals surface area contributed by atoms with Gasteiger partial charge in [-0.25, -0.2) is 4.39 Å². The van der Waals surface area contributed by atoms with Gasteiger partial charge in [0.1, 0.15) is 17.4 Å². The van der Waals surface area contributed by atoms with E-state index in [1.165, 1.54) is 12.1 Å². The van der Waals surface area contributed by atoms with E-state index in [0.717, 1.165) is 15.8 Å². The van der Waals surface area contributed by atoms with Gasteiger partial charge in [0.15, 0.2) is 0 Å².